The summed E-state index contributed by atoms with van der Waals surface area (Å²) in [7, 11) is 0. The smallest absolute Gasteiger partial charge is 0.166 e. The van der Waals surface area contributed by atoms with Gasteiger partial charge < -0.3 is 0 Å². The van der Waals surface area contributed by atoms with Gasteiger partial charge in [-0.25, -0.2) is 0 Å². The molecule has 0 unspecified atom stereocenters. The van der Waals surface area contributed by atoms with Gasteiger partial charge in [-0.05, 0) is 36.6 Å². The summed E-state index contributed by atoms with van der Waals surface area (Å²) >= 11 is 12.1. The molecule has 0 amide bonds. The van der Waals surface area contributed by atoms with Crippen LogP contribution in [0.15, 0.2) is 42.5 Å². The lowest BCUT2D eigenvalue weighted by molar-refractivity contribution is 0.0983. The first-order valence-electron chi connectivity index (χ1n) is 6.11. The zero-order valence-corrected chi connectivity index (χ0v) is 12.1. The monoisotopic (exact) mass is 292 g/mol. The van der Waals surface area contributed by atoms with Crippen molar-refractivity contribution in [3.8, 4) is 0 Å². The number of Topliss-reactive ketones (excluding diaryl/α,β-unsaturated/α-hetero) is 1. The van der Waals surface area contributed by atoms with Crippen molar-refractivity contribution in [3.63, 3.8) is 0 Å². The maximum atomic E-state index is 12.2. The van der Waals surface area contributed by atoms with Crippen LogP contribution in [0.1, 0.15) is 27.9 Å². The minimum atomic E-state index is -0.0150. The Bertz CT molecular complexity index is 585. The van der Waals surface area contributed by atoms with Gasteiger partial charge in [-0.2, -0.15) is 0 Å². The number of ketones is 1. The first-order valence-corrected chi connectivity index (χ1v) is 6.87. The fraction of sp³-hybridized carbons (Fsp3) is 0.188. The summed E-state index contributed by atoms with van der Waals surface area (Å²) in [6.07, 6.45) is 1.11. The van der Waals surface area contributed by atoms with E-state index in [0.717, 1.165) is 0 Å². The molecule has 0 aromatic heterocycles. The van der Waals surface area contributed by atoms with Gasteiger partial charge in [-0.15, -0.1) is 0 Å². The molecule has 0 aliphatic heterocycles. The molecule has 0 aliphatic rings. The molecule has 19 heavy (non-hydrogen) atoms. The third kappa shape index (κ3) is 3.37. The molecule has 0 N–H and O–H groups in total. The van der Waals surface area contributed by atoms with Crippen molar-refractivity contribution in [1.29, 1.82) is 0 Å². The Morgan fingerprint density at radius 1 is 1.00 bits per heavy atom. The van der Waals surface area contributed by atoms with Gasteiger partial charge in [0.25, 0.3) is 0 Å². The maximum Gasteiger partial charge on any atom is 0.166 e. The molecule has 0 saturated carbocycles. The molecule has 0 fully saturated rings. The average molecular weight is 293 g/mol. The second kappa shape index (κ2) is 6.23. The molecule has 0 heterocycles. The molecule has 2 aromatic carbocycles. The van der Waals surface area contributed by atoms with E-state index in [4.69, 9.17) is 23.2 Å². The zero-order chi connectivity index (χ0) is 13.8. The molecule has 2 rings (SSSR count). The van der Waals surface area contributed by atoms with Crippen molar-refractivity contribution in [3.05, 3.63) is 69.2 Å². The van der Waals surface area contributed by atoms with Crippen molar-refractivity contribution in [2.24, 2.45) is 0 Å². The Morgan fingerprint density at radius 3 is 2.26 bits per heavy atom. The standard InChI is InChI=1S/C16H14Cl2O/c1-11-5-2-3-6-12(11)9-10-15(19)16-13(17)7-4-8-14(16)18/h2-8H,9-10H2,1H3. The van der Waals surface area contributed by atoms with E-state index in [0.29, 0.717) is 28.5 Å². The highest BCUT2D eigenvalue weighted by Crippen LogP contribution is 2.26. The van der Waals surface area contributed by atoms with Crippen LogP contribution in [-0.4, -0.2) is 5.78 Å². The number of benzene rings is 2. The van der Waals surface area contributed by atoms with Gasteiger partial charge in [0, 0.05) is 6.42 Å². The second-order valence-electron chi connectivity index (χ2n) is 4.45. The SMILES string of the molecule is Cc1ccccc1CCC(=O)c1c(Cl)cccc1Cl. The zero-order valence-electron chi connectivity index (χ0n) is 10.6. The molecule has 0 bridgehead atoms. The van der Waals surface area contributed by atoms with E-state index in [-0.39, 0.29) is 5.78 Å². The summed E-state index contributed by atoms with van der Waals surface area (Å²) in [5.74, 6) is -0.0150. The third-order valence-electron chi connectivity index (χ3n) is 3.12. The Morgan fingerprint density at radius 2 is 1.63 bits per heavy atom. The van der Waals surface area contributed by atoms with Crippen LogP contribution in [0, 0.1) is 6.92 Å². The molecule has 0 radical (unpaired) electrons. The van der Waals surface area contributed by atoms with E-state index in [2.05, 4.69) is 0 Å². The van der Waals surface area contributed by atoms with E-state index in [1.807, 2.05) is 31.2 Å². The fourth-order valence-corrected chi connectivity index (χ4v) is 2.64. The lowest BCUT2D eigenvalue weighted by Crippen LogP contribution is -2.03. The van der Waals surface area contributed by atoms with E-state index in [1.54, 1.807) is 18.2 Å². The average Bonchev–Trinajstić information content (AvgIpc) is 2.37. The van der Waals surface area contributed by atoms with E-state index in [1.165, 1.54) is 11.1 Å². The van der Waals surface area contributed by atoms with Crippen LogP contribution in [0.25, 0.3) is 0 Å². The Balaban J connectivity index is 2.13. The lowest BCUT2D eigenvalue weighted by Gasteiger charge is -2.07. The van der Waals surface area contributed by atoms with Crippen molar-refractivity contribution < 1.29 is 4.79 Å². The van der Waals surface area contributed by atoms with Gasteiger partial charge >= 0.3 is 0 Å². The molecule has 0 atom stereocenters. The summed E-state index contributed by atoms with van der Waals surface area (Å²) in [6, 6.07) is 13.2. The predicted molar refractivity (Wildman–Crippen MR) is 80.3 cm³/mol. The largest absolute Gasteiger partial charge is 0.294 e. The molecule has 1 nitrogen and oxygen atoms in total. The fourth-order valence-electron chi connectivity index (χ4n) is 2.03. The molecular formula is C16H14Cl2O. The van der Waals surface area contributed by atoms with Gasteiger partial charge in [0.15, 0.2) is 5.78 Å². The van der Waals surface area contributed by atoms with Crippen molar-refractivity contribution in [1.82, 2.24) is 0 Å². The number of hydrogen-bond acceptors (Lipinski definition) is 1. The van der Waals surface area contributed by atoms with Crippen LogP contribution in [0.2, 0.25) is 10.0 Å². The molecule has 2 aromatic rings. The second-order valence-corrected chi connectivity index (χ2v) is 5.26. The number of carbonyl (C=O) groups is 1. The molecular weight excluding hydrogens is 279 g/mol. The van der Waals surface area contributed by atoms with Gasteiger partial charge in [-0.1, -0.05) is 53.5 Å². The Kier molecular flexibility index (Phi) is 4.62. The number of halogens is 2. The normalized spacial score (nSPS) is 10.5. The maximum absolute atomic E-state index is 12.2. The van der Waals surface area contributed by atoms with Crippen LogP contribution in [0.3, 0.4) is 0 Å². The molecule has 98 valence electrons. The van der Waals surface area contributed by atoms with Crippen molar-refractivity contribution in [2.45, 2.75) is 19.8 Å². The Hall–Kier alpha value is -1.31. The summed E-state index contributed by atoms with van der Waals surface area (Å²) < 4.78 is 0. The topological polar surface area (TPSA) is 17.1 Å². The van der Waals surface area contributed by atoms with Crippen LogP contribution < -0.4 is 0 Å². The van der Waals surface area contributed by atoms with E-state index < -0.39 is 0 Å². The van der Waals surface area contributed by atoms with Gasteiger partial charge in [0.1, 0.15) is 0 Å². The highest BCUT2D eigenvalue weighted by Gasteiger charge is 2.14. The lowest BCUT2D eigenvalue weighted by atomic mass is 10.00. The van der Waals surface area contributed by atoms with Crippen LogP contribution >= 0.6 is 23.2 Å². The van der Waals surface area contributed by atoms with Crippen LogP contribution in [0.5, 0.6) is 0 Å². The highest BCUT2D eigenvalue weighted by atomic mass is 35.5. The molecule has 0 aliphatic carbocycles. The molecule has 0 spiro atoms. The number of hydrogen-bond donors (Lipinski definition) is 0. The summed E-state index contributed by atoms with van der Waals surface area (Å²) in [5.41, 5.74) is 2.80. The van der Waals surface area contributed by atoms with Crippen molar-refractivity contribution >= 4 is 29.0 Å². The van der Waals surface area contributed by atoms with E-state index in [9.17, 15) is 4.79 Å². The third-order valence-corrected chi connectivity index (χ3v) is 3.75. The van der Waals surface area contributed by atoms with Crippen LogP contribution in [0.4, 0.5) is 0 Å². The summed E-state index contributed by atoms with van der Waals surface area (Å²) in [5, 5.41) is 0.838. The minimum absolute atomic E-state index is 0.0150. The van der Waals surface area contributed by atoms with Crippen LogP contribution in [-0.2, 0) is 6.42 Å². The van der Waals surface area contributed by atoms with Gasteiger partial charge in [0.2, 0.25) is 0 Å². The number of rotatable bonds is 4. The van der Waals surface area contributed by atoms with E-state index >= 15 is 0 Å². The predicted octanol–water partition coefficient (Wildman–Crippen LogP) is 5.12. The molecule has 3 heteroatoms. The Labute approximate surface area is 123 Å². The molecule has 0 saturated heterocycles. The minimum Gasteiger partial charge on any atom is -0.294 e. The number of aryl methyl sites for hydroxylation is 2. The summed E-state index contributed by atoms with van der Waals surface area (Å²) in [6.45, 7) is 2.04. The first kappa shape index (κ1) is 14.1. The van der Waals surface area contributed by atoms with Gasteiger partial charge in [-0.3, -0.25) is 4.79 Å². The van der Waals surface area contributed by atoms with Crippen molar-refractivity contribution in [2.75, 3.05) is 0 Å². The number of carbonyl (C=O) groups excluding carboxylic acids is 1. The van der Waals surface area contributed by atoms with Gasteiger partial charge in [0.05, 0.1) is 15.6 Å². The first-order chi connectivity index (χ1) is 9.09. The quantitative estimate of drug-likeness (QED) is 0.715. The summed E-state index contributed by atoms with van der Waals surface area (Å²) in [4.78, 5) is 12.2. The highest BCUT2D eigenvalue weighted by molar-refractivity contribution is 6.39.